The number of amides is 2. The summed E-state index contributed by atoms with van der Waals surface area (Å²) >= 11 is 0. The molecule has 210 valence electrons. The molecule has 2 N–H and O–H groups in total. The first-order valence-electron chi connectivity index (χ1n) is 13.2. The van der Waals surface area contributed by atoms with Gasteiger partial charge in [-0.3, -0.25) is 19.1 Å². The van der Waals surface area contributed by atoms with Crippen molar-refractivity contribution in [3.63, 3.8) is 0 Å². The Hall–Kier alpha value is -4.08. The van der Waals surface area contributed by atoms with Gasteiger partial charge >= 0.3 is 5.97 Å². The Morgan fingerprint density at radius 3 is 2.42 bits per heavy atom. The van der Waals surface area contributed by atoms with E-state index >= 15 is 4.39 Å². The Morgan fingerprint density at radius 1 is 1.15 bits per heavy atom. The summed E-state index contributed by atoms with van der Waals surface area (Å²) in [5, 5.41) is 16.5. The first-order valence-corrected chi connectivity index (χ1v) is 13.2. The van der Waals surface area contributed by atoms with Crippen LogP contribution in [0, 0.1) is 42.7 Å². The lowest BCUT2D eigenvalue weighted by Gasteiger charge is -2.31. The Balaban J connectivity index is 1.51. The number of benzene rings is 2. The molecular weight excluding hydrogens is 518 g/mol. The predicted molar refractivity (Wildman–Crippen MR) is 143 cm³/mol. The van der Waals surface area contributed by atoms with Crippen LogP contribution in [-0.4, -0.2) is 50.2 Å². The number of aryl methyl sites for hydroxylation is 3. The first kappa shape index (κ1) is 27.5. The monoisotopic (exact) mass is 550 g/mol. The molecule has 10 heteroatoms. The standard InChI is InChI=1S/C30H32F2N4O4/c1-15-7-6-8-16(2)24(15)17-11-18(26(32)20(31)12-17)22(13-23(37)38)33-28(39)27-25-19(30(25,3)4)14-36(27)29(40)21-9-10-35(5)34-21/h6-12,19,22,25,27H,13-14H2,1-5H3,(H,33,39)(H,37,38)/t19?,22-,25-,27-/m0/s1. The molecule has 1 saturated carbocycles. The first-order chi connectivity index (χ1) is 18.8. The summed E-state index contributed by atoms with van der Waals surface area (Å²) in [5.41, 5.74) is 2.49. The third-order valence-corrected chi connectivity index (χ3v) is 8.57. The summed E-state index contributed by atoms with van der Waals surface area (Å²) in [6.45, 7) is 8.08. The van der Waals surface area contributed by atoms with Gasteiger partial charge in [-0.1, -0.05) is 32.0 Å². The lowest BCUT2D eigenvalue weighted by molar-refractivity contribution is -0.138. The number of piperidine rings is 1. The summed E-state index contributed by atoms with van der Waals surface area (Å²) in [4.78, 5) is 40.4. The van der Waals surface area contributed by atoms with Gasteiger partial charge in [-0.15, -0.1) is 0 Å². The molecule has 1 unspecified atom stereocenters. The topological polar surface area (TPSA) is 105 Å². The van der Waals surface area contributed by atoms with Gasteiger partial charge in [0, 0.05) is 25.4 Å². The van der Waals surface area contributed by atoms with Crippen LogP contribution < -0.4 is 5.32 Å². The van der Waals surface area contributed by atoms with Crippen LogP contribution >= 0.6 is 0 Å². The van der Waals surface area contributed by atoms with Crippen molar-refractivity contribution in [2.75, 3.05) is 6.54 Å². The van der Waals surface area contributed by atoms with E-state index in [0.29, 0.717) is 17.7 Å². The average molecular weight is 551 g/mol. The predicted octanol–water partition coefficient (Wildman–Crippen LogP) is 4.41. The summed E-state index contributed by atoms with van der Waals surface area (Å²) in [6.07, 6.45) is 0.961. The number of carbonyl (C=O) groups excluding carboxylic acids is 2. The van der Waals surface area contributed by atoms with Crippen LogP contribution in [0.3, 0.4) is 0 Å². The SMILES string of the molecule is Cc1cccc(C)c1-c1cc(F)c(F)c([C@H](CC(=O)O)NC(=O)[C@@H]2[C@@H]3C(CN2C(=O)c2ccn(C)n2)C3(C)C)c1. The van der Waals surface area contributed by atoms with E-state index in [9.17, 15) is 23.9 Å². The fourth-order valence-corrected chi connectivity index (χ4v) is 6.42. The molecule has 4 atom stereocenters. The summed E-state index contributed by atoms with van der Waals surface area (Å²) in [6, 6.07) is 7.33. The minimum Gasteiger partial charge on any atom is -0.481 e. The number of nitrogens with one attached hydrogen (secondary N) is 1. The molecule has 1 aliphatic heterocycles. The molecular formula is C30H32F2N4O4. The highest BCUT2D eigenvalue weighted by atomic mass is 19.2. The Morgan fingerprint density at radius 2 is 1.82 bits per heavy atom. The fourth-order valence-electron chi connectivity index (χ4n) is 6.42. The molecule has 2 fully saturated rings. The van der Waals surface area contributed by atoms with E-state index in [4.69, 9.17) is 0 Å². The summed E-state index contributed by atoms with van der Waals surface area (Å²) < 4.78 is 31.7. The van der Waals surface area contributed by atoms with Gasteiger partial charge in [0.25, 0.3) is 5.91 Å². The minimum atomic E-state index is -1.36. The average Bonchev–Trinajstić information content (AvgIpc) is 3.24. The Kier molecular flexibility index (Phi) is 6.76. The van der Waals surface area contributed by atoms with Gasteiger partial charge in [0.2, 0.25) is 5.91 Å². The number of carboxylic acids is 1. The summed E-state index contributed by atoms with van der Waals surface area (Å²) in [7, 11) is 1.68. The quantitative estimate of drug-likeness (QED) is 0.454. The molecule has 1 saturated heterocycles. The van der Waals surface area contributed by atoms with Crippen LogP contribution in [0.5, 0.6) is 0 Å². The molecule has 1 aromatic heterocycles. The number of hydrogen-bond donors (Lipinski definition) is 2. The van der Waals surface area contributed by atoms with Crippen molar-refractivity contribution in [2.24, 2.45) is 24.3 Å². The van der Waals surface area contributed by atoms with Gasteiger partial charge in [-0.2, -0.15) is 5.10 Å². The number of rotatable bonds is 7. The van der Waals surface area contributed by atoms with Crippen molar-refractivity contribution < 1.29 is 28.3 Å². The largest absolute Gasteiger partial charge is 0.481 e. The highest BCUT2D eigenvalue weighted by molar-refractivity contribution is 5.97. The van der Waals surface area contributed by atoms with E-state index in [2.05, 4.69) is 10.4 Å². The minimum absolute atomic E-state index is 0.0791. The van der Waals surface area contributed by atoms with E-state index in [-0.39, 0.29) is 28.5 Å². The second-order valence-corrected chi connectivity index (χ2v) is 11.5. The molecule has 1 aliphatic carbocycles. The maximum absolute atomic E-state index is 15.3. The zero-order valence-corrected chi connectivity index (χ0v) is 23.0. The van der Waals surface area contributed by atoms with E-state index in [1.54, 1.807) is 19.3 Å². The summed E-state index contributed by atoms with van der Waals surface area (Å²) in [5.74, 6) is -4.75. The molecule has 0 radical (unpaired) electrons. The maximum Gasteiger partial charge on any atom is 0.305 e. The molecule has 40 heavy (non-hydrogen) atoms. The van der Waals surface area contributed by atoms with Crippen molar-refractivity contribution in [3.8, 4) is 11.1 Å². The third kappa shape index (κ3) is 4.65. The van der Waals surface area contributed by atoms with Gasteiger partial charge in [-0.25, -0.2) is 8.78 Å². The number of aromatic nitrogens is 2. The van der Waals surface area contributed by atoms with Crippen molar-refractivity contribution >= 4 is 17.8 Å². The number of aliphatic carboxylic acids is 1. The van der Waals surface area contributed by atoms with E-state index < -0.39 is 47.9 Å². The van der Waals surface area contributed by atoms with Gasteiger partial charge in [0.15, 0.2) is 11.6 Å². The Bertz CT molecular complexity index is 1510. The highest BCUT2D eigenvalue weighted by Crippen LogP contribution is 2.65. The van der Waals surface area contributed by atoms with E-state index in [1.807, 2.05) is 45.9 Å². The molecule has 3 aromatic rings. The maximum atomic E-state index is 15.3. The number of nitrogens with zero attached hydrogens (tertiary/aromatic N) is 3. The number of likely N-dealkylation sites (tertiary alicyclic amines) is 1. The molecule has 8 nitrogen and oxygen atoms in total. The number of carboxylic acid groups (broad SMARTS) is 1. The lowest BCUT2D eigenvalue weighted by Crippen LogP contribution is -2.51. The Labute approximate surface area is 231 Å². The van der Waals surface area contributed by atoms with Crippen molar-refractivity contribution in [1.29, 1.82) is 0 Å². The molecule has 2 amide bonds. The third-order valence-electron chi connectivity index (χ3n) is 8.57. The smallest absolute Gasteiger partial charge is 0.305 e. The van der Waals surface area contributed by atoms with Gasteiger partial charge in [0.05, 0.1) is 12.5 Å². The van der Waals surface area contributed by atoms with Gasteiger partial charge in [-0.05, 0) is 71.6 Å². The molecule has 2 aromatic carbocycles. The van der Waals surface area contributed by atoms with Crippen LogP contribution in [-0.2, 0) is 16.6 Å². The molecule has 0 bridgehead atoms. The second kappa shape index (κ2) is 9.83. The van der Waals surface area contributed by atoms with Crippen LogP contribution in [0.1, 0.15) is 53.5 Å². The molecule has 2 aliphatic rings. The molecule has 5 rings (SSSR count). The molecule has 0 spiro atoms. The lowest BCUT2D eigenvalue weighted by atomic mass is 9.92. The van der Waals surface area contributed by atoms with Crippen LogP contribution in [0.25, 0.3) is 11.1 Å². The zero-order chi connectivity index (χ0) is 29.1. The zero-order valence-electron chi connectivity index (χ0n) is 23.0. The number of hydrogen-bond acceptors (Lipinski definition) is 4. The van der Waals surface area contributed by atoms with Crippen LogP contribution in [0.15, 0.2) is 42.6 Å². The second-order valence-electron chi connectivity index (χ2n) is 11.5. The van der Waals surface area contributed by atoms with Crippen molar-refractivity contribution in [3.05, 3.63) is 76.6 Å². The van der Waals surface area contributed by atoms with Crippen molar-refractivity contribution in [2.45, 2.75) is 46.2 Å². The fraction of sp³-hybridized carbons (Fsp3) is 0.400. The number of fused-ring (bicyclic) bond motifs is 1. The normalized spacial score (nSPS) is 21.6. The van der Waals surface area contributed by atoms with E-state index in [1.165, 1.54) is 15.6 Å². The van der Waals surface area contributed by atoms with Gasteiger partial charge < -0.3 is 15.3 Å². The van der Waals surface area contributed by atoms with Crippen LogP contribution in [0.2, 0.25) is 0 Å². The van der Waals surface area contributed by atoms with Crippen molar-refractivity contribution in [1.82, 2.24) is 20.0 Å². The van der Waals surface area contributed by atoms with Gasteiger partial charge in [0.1, 0.15) is 11.7 Å². The van der Waals surface area contributed by atoms with E-state index in [0.717, 1.165) is 17.2 Å². The number of halogens is 2. The number of carbonyl (C=O) groups is 3. The van der Waals surface area contributed by atoms with Crippen LogP contribution in [0.4, 0.5) is 8.78 Å². The highest BCUT2D eigenvalue weighted by Gasteiger charge is 2.69. The molecule has 2 heterocycles.